The zero-order valence-electron chi connectivity index (χ0n) is 20.6. The van der Waals surface area contributed by atoms with Crippen molar-refractivity contribution in [3.8, 4) is 22.9 Å². The van der Waals surface area contributed by atoms with Crippen molar-refractivity contribution in [2.45, 2.75) is 39.8 Å². The molecule has 0 aliphatic carbocycles. The molecule has 1 aliphatic rings. The Hall–Kier alpha value is -4.07. The minimum atomic E-state index is -0.540. The van der Waals surface area contributed by atoms with Gasteiger partial charge >= 0.3 is 0 Å². The molecule has 186 valence electrons. The fourth-order valence-electron chi connectivity index (χ4n) is 4.07. The van der Waals surface area contributed by atoms with E-state index in [1.165, 1.54) is 12.1 Å². The standard InChI is InChI=1S/C28H28FN3O4/c1-17(31-27(33)28(2,3)4)26(18-5-12-24-25(14-18)35-16-34-24)36-22-10-11-23-19(13-22)15-30-32(23)21-8-6-20(29)7-9-21/h5-15,17,26H,16H2,1-4H3,(H,31,33)/t17-,26-/m0/s1. The third-order valence-electron chi connectivity index (χ3n) is 6.09. The van der Waals surface area contributed by atoms with Gasteiger partial charge in [-0.2, -0.15) is 5.10 Å². The minimum Gasteiger partial charge on any atom is -0.484 e. The number of hydrogen-bond donors (Lipinski definition) is 1. The lowest BCUT2D eigenvalue weighted by Crippen LogP contribution is -2.44. The Morgan fingerprint density at radius 2 is 1.81 bits per heavy atom. The van der Waals surface area contributed by atoms with Crippen LogP contribution in [-0.2, 0) is 4.79 Å². The van der Waals surface area contributed by atoms with E-state index in [0.29, 0.717) is 17.2 Å². The van der Waals surface area contributed by atoms with E-state index in [1.807, 2.05) is 64.1 Å². The van der Waals surface area contributed by atoms with Crippen LogP contribution in [0, 0.1) is 11.2 Å². The molecule has 0 saturated carbocycles. The number of nitrogens with zero attached hydrogens (tertiary/aromatic N) is 2. The molecule has 0 fully saturated rings. The first-order valence-electron chi connectivity index (χ1n) is 11.8. The number of nitrogens with one attached hydrogen (secondary N) is 1. The number of fused-ring (bicyclic) bond motifs is 2. The molecule has 1 N–H and O–H groups in total. The molecule has 0 spiro atoms. The molecule has 1 aliphatic heterocycles. The number of rotatable bonds is 6. The summed E-state index contributed by atoms with van der Waals surface area (Å²) in [5, 5.41) is 8.42. The van der Waals surface area contributed by atoms with E-state index in [0.717, 1.165) is 22.2 Å². The summed E-state index contributed by atoms with van der Waals surface area (Å²) < 4.78 is 32.6. The number of carbonyl (C=O) groups excluding carboxylic acids is 1. The molecule has 1 amide bonds. The molecule has 36 heavy (non-hydrogen) atoms. The van der Waals surface area contributed by atoms with Crippen LogP contribution in [0.25, 0.3) is 16.6 Å². The number of amides is 1. The summed E-state index contributed by atoms with van der Waals surface area (Å²) in [6.07, 6.45) is 1.25. The molecule has 1 aromatic heterocycles. The molecule has 7 nitrogen and oxygen atoms in total. The van der Waals surface area contributed by atoms with Crippen LogP contribution >= 0.6 is 0 Å². The third kappa shape index (κ3) is 4.71. The molecule has 2 atom stereocenters. The van der Waals surface area contributed by atoms with E-state index in [4.69, 9.17) is 14.2 Å². The van der Waals surface area contributed by atoms with Gasteiger partial charge in [-0.05, 0) is 67.1 Å². The van der Waals surface area contributed by atoms with Crippen molar-refractivity contribution in [2.24, 2.45) is 5.41 Å². The normalized spacial score (nSPS) is 14.5. The van der Waals surface area contributed by atoms with E-state index < -0.39 is 11.5 Å². The van der Waals surface area contributed by atoms with Crippen molar-refractivity contribution >= 4 is 16.8 Å². The monoisotopic (exact) mass is 489 g/mol. The highest BCUT2D eigenvalue weighted by molar-refractivity contribution is 5.82. The Morgan fingerprint density at radius 3 is 2.56 bits per heavy atom. The van der Waals surface area contributed by atoms with Gasteiger partial charge in [0.2, 0.25) is 12.7 Å². The van der Waals surface area contributed by atoms with Gasteiger partial charge in [0.05, 0.1) is 23.4 Å². The van der Waals surface area contributed by atoms with Gasteiger partial charge in [-0.25, -0.2) is 9.07 Å². The molecule has 2 heterocycles. The largest absolute Gasteiger partial charge is 0.484 e. The van der Waals surface area contributed by atoms with Crippen molar-refractivity contribution in [1.29, 1.82) is 0 Å². The number of carbonyl (C=O) groups is 1. The average Bonchev–Trinajstić information content (AvgIpc) is 3.48. The first-order valence-corrected chi connectivity index (χ1v) is 11.8. The fourth-order valence-corrected chi connectivity index (χ4v) is 4.07. The molecule has 3 aromatic carbocycles. The second-order valence-electron chi connectivity index (χ2n) is 9.92. The maximum absolute atomic E-state index is 13.4. The van der Waals surface area contributed by atoms with E-state index >= 15 is 0 Å². The first-order chi connectivity index (χ1) is 17.2. The van der Waals surface area contributed by atoms with Crippen LogP contribution < -0.4 is 19.5 Å². The van der Waals surface area contributed by atoms with E-state index in [-0.39, 0.29) is 24.6 Å². The quantitative estimate of drug-likeness (QED) is 0.384. The second-order valence-corrected chi connectivity index (χ2v) is 9.92. The van der Waals surface area contributed by atoms with Gasteiger partial charge in [0.1, 0.15) is 17.7 Å². The van der Waals surface area contributed by atoms with Crippen molar-refractivity contribution < 1.29 is 23.4 Å². The summed E-state index contributed by atoms with van der Waals surface area (Å²) in [5.74, 6) is 1.58. The number of hydrogen-bond acceptors (Lipinski definition) is 5. The molecular formula is C28H28FN3O4. The Bertz CT molecular complexity index is 1410. The van der Waals surface area contributed by atoms with Crippen LogP contribution in [0.3, 0.4) is 0 Å². The van der Waals surface area contributed by atoms with Crippen LogP contribution in [0.2, 0.25) is 0 Å². The summed E-state index contributed by atoms with van der Waals surface area (Å²) in [6, 6.07) is 17.2. The van der Waals surface area contributed by atoms with Gasteiger partial charge < -0.3 is 19.5 Å². The van der Waals surface area contributed by atoms with Gasteiger partial charge in [0, 0.05) is 10.8 Å². The molecule has 0 unspecified atom stereocenters. The van der Waals surface area contributed by atoms with Crippen LogP contribution in [0.15, 0.2) is 66.9 Å². The SMILES string of the molecule is C[C@H](NC(=O)C(C)(C)C)[C@H](Oc1ccc2c(cnn2-c2ccc(F)cc2)c1)c1ccc2c(c1)OCO2. The zero-order valence-corrected chi connectivity index (χ0v) is 20.6. The predicted molar refractivity (Wildman–Crippen MR) is 134 cm³/mol. The van der Waals surface area contributed by atoms with E-state index in [1.54, 1.807) is 23.0 Å². The molecule has 0 bridgehead atoms. The fraction of sp³-hybridized carbons (Fsp3) is 0.286. The zero-order chi connectivity index (χ0) is 25.4. The summed E-state index contributed by atoms with van der Waals surface area (Å²) in [4.78, 5) is 12.7. The summed E-state index contributed by atoms with van der Waals surface area (Å²) in [7, 11) is 0. The lowest BCUT2D eigenvalue weighted by atomic mass is 9.94. The lowest BCUT2D eigenvalue weighted by molar-refractivity contribution is -0.129. The van der Waals surface area contributed by atoms with Crippen LogP contribution in [0.4, 0.5) is 4.39 Å². The second kappa shape index (κ2) is 9.18. The number of ether oxygens (including phenoxy) is 3. The molecule has 0 radical (unpaired) electrons. The topological polar surface area (TPSA) is 74.6 Å². The van der Waals surface area contributed by atoms with E-state index in [2.05, 4.69) is 10.4 Å². The molecule has 5 rings (SSSR count). The van der Waals surface area contributed by atoms with Gasteiger partial charge in [-0.3, -0.25) is 4.79 Å². The smallest absolute Gasteiger partial charge is 0.231 e. The average molecular weight is 490 g/mol. The van der Waals surface area contributed by atoms with Crippen molar-refractivity contribution in [1.82, 2.24) is 15.1 Å². The van der Waals surface area contributed by atoms with Crippen molar-refractivity contribution in [3.63, 3.8) is 0 Å². The van der Waals surface area contributed by atoms with Crippen LogP contribution in [0.1, 0.15) is 39.4 Å². The van der Waals surface area contributed by atoms with Crippen LogP contribution in [0.5, 0.6) is 17.2 Å². The predicted octanol–water partition coefficient (Wildman–Crippen LogP) is 5.56. The Kier molecular flexibility index (Phi) is 6.04. The molecule has 8 heteroatoms. The summed E-state index contributed by atoms with van der Waals surface area (Å²) in [5.41, 5.74) is 1.93. The molecular weight excluding hydrogens is 461 g/mol. The first kappa shape index (κ1) is 23.7. The van der Waals surface area contributed by atoms with Gasteiger partial charge in [0.15, 0.2) is 11.5 Å². The van der Waals surface area contributed by atoms with Crippen molar-refractivity contribution in [3.05, 3.63) is 78.2 Å². The molecule has 0 saturated heterocycles. The highest BCUT2D eigenvalue weighted by Gasteiger charge is 2.29. The third-order valence-corrected chi connectivity index (χ3v) is 6.09. The highest BCUT2D eigenvalue weighted by Crippen LogP contribution is 2.37. The van der Waals surface area contributed by atoms with Gasteiger partial charge in [-0.1, -0.05) is 26.8 Å². The molecule has 4 aromatic rings. The number of aromatic nitrogens is 2. The Morgan fingerprint density at radius 1 is 1.06 bits per heavy atom. The maximum atomic E-state index is 13.4. The highest BCUT2D eigenvalue weighted by atomic mass is 19.1. The van der Waals surface area contributed by atoms with E-state index in [9.17, 15) is 9.18 Å². The number of benzene rings is 3. The minimum absolute atomic E-state index is 0.0691. The number of halogens is 1. The maximum Gasteiger partial charge on any atom is 0.231 e. The lowest BCUT2D eigenvalue weighted by Gasteiger charge is -2.29. The van der Waals surface area contributed by atoms with Crippen LogP contribution in [-0.4, -0.2) is 28.5 Å². The summed E-state index contributed by atoms with van der Waals surface area (Å²) >= 11 is 0. The van der Waals surface area contributed by atoms with Crippen molar-refractivity contribution in [2.75, 3.05) is 6.79 Å². The Balaban J connectivity index is 1.46. The van der Waals surface area contributed by atoms with Gasteiger partial charge in [-0.15, -0.1) is 0 Å². The Labute approximate surface area is 208 Å². The summed E-state index contributed by atoms with van der Waals surface area (Å²) in [6.45, 7) is 7.72. The van der Waals surface area contributed by atoms with Gasteiger partial charge in [0.25, 0.3) is 0 Å².